The number of H-pyrrole nitrogens is 1. The Morgan fingerprint density at radius 3 is 2.47 bits per heavy atom. The lowest BCUT2D eigenvalue weighted by Crippen LogP contribution is -2.52. The third-order valence-electron chi connectivity index (χ3n) is 7.31. The van der Waals surface area contributed by atoms with Crippen molar-refractivity contribution in [1.82, 2.24) is 14.8 Å². The number of nitrogens with one attached hydrogen (secondary N) is 1. The van der Waals surface area contributed by atoms with Crippen LogP contribution in [0.4, 0.5) is 0 Å². The molecule has 0 spiro atoms. The van der Waals surface area contributed by atoms with E-state index >= 15 is 0 Å². The number of aryl methyl sites for hydroxylation is 1. The Morgan fingerprint density at radius 2 is 1.71 bits per heavy atom. The molecule has 3 aromatic rings. The Labute approximate surface area is 200 Å². The molecule has 3 heterocycles. The van der Waals surface area contributed by atoms with Gasteiger partial charge in [0.1, 0.15) is 11.8 Å². The van der Waals surface area contributed by atoms with Crippen LogP contribution in [0.1, 0.15) is 44.1 Å². The number of ether oxygens (including phenoxy) is 1. The first-order valence-electron chi connectivity index (χ1n) is 12.5. The van der Waals surface area contributed by atoms with Crippen molar-refractivity contribution < 1.29 is 14.3 Å². The number of aromatic nitrogens is 1. The van der Waals surface area contributed by atoms with Crippen molar-refractivity contribution >= 4 is 22.7 Å². The highest BCUT2D eigenvalue weighted by Gasteiger charge is 2.35. The Hall–Kier alpha value is -3.28. The van der Waals surface area contributed by atoms with Crippen LogP contribution in [0.25, 0.3) is 22.2 Å². The molecule has 2 aromatic carbocycles. The van der Waals surface area contributed by atoms with Crippen LogP contribution in [0, 0.1) is 0 Å². The Balaban J connectivity index is 1.37. The number of hydrogen-bond donors (Lipinski definition) is 1. The molecule has 2 saturated heterocycles. The lowest BCUT2D eigenvalue weighted by atomic mass is 9.98. The fraction of sp³-hybridized carbons (Fsp3) is 0.429. The number of amides is 2. The van der Waals surface area contributed by atoms with Gasteiger partial charge in [-0.15, -0.1) is 0 Å². The largest absolute Gasteiger partial charge is 0.497 e. The Bertz CT molecular complexity index is 1160. The van der Waals surface area contributed by atoms with Crippen molar-refractivity contribution in [3.63, 3.8) is 0 Å². The molecule has 2 amide bonds. The van der Waals surface area contributed by atoms with Crippen LogP contribution in [0.2, 0.25) is 0 Å². The molecule has 0 aliphatic carbocycles. The third-order valence-corrected chi connectivity index (χ3v) is 7.31. The van der Waals surface area contributed by atoms with Crippen molar-refractivity contribution in [1.29, 1.82) is 0 Å². The van der Waals surface area contributed by atoms with E-state index in [0.717, 1.165) is 78.7 Å². The van der Waals surface area contributed by atoms with Gasteiger partial charge in [0.15, 0.2) is 0 Å². The third kappa shape index (κ3) is 4.41. The minimum absolute atomic E-state index is 0.0863. The number of fused-ring (bicyclic) bond motifs is 1. The van der Waals surface area contributed by atoms with Crippen LogP contribution < -0.4 is 4.74 Å². The molecule has 0 bridgehead atoms. The van der Waals surface area contributed by atoms with E-state index in [9.17, 15) is 9.59 Å². The van der Waals surface area contributed by atoms with E-state index in [0.29, 0.717) is 19.4 Å². The summed E-state index contributed by atoms with van der Waals surface area (Å²) < 4.78 is 5.32. The minimum atomic E-state index is -0.289. The molecule has 6 heteroatoms. The van der Waals surface area contributed by atoms with Crippen molar-refractivity contribution in [2.75, 3.05) is 26.7 Å². The molecule has 2 fully saturated rings. The number of para-hydroxylation sites is 1. The number of nitrogens with zero attached hydrogens (tertiary/aromatic N) is 2. The SMILES string of the molecule is COc1ccc(-c2[nH]c3ccccc3c2CCC(=O)N2CCCCC2C(=O)N2CCCC2)cc1. The van der Waals surface area contributed by atoms with Gasteiger partial charge in [0.05, 0.1) is 7.11 Å². The summed E-state index contributed by atoms with van der Waals surface area (Å²) in [6.45, 7) is 2.35. The number of carbonyl (C=O) groups is 2. The van der Waals surface area contributed by atoms with E-state index in [1.54, 1.807) is 7.11 Å². The molecule has 0 saturated carbocycles. The maximum absolute atomic E-state index is 13.4. The smallest absolute Gasteiger partial charge is 0.245 e. The molecule has 34 heavy (non-hydrogen) atoms. The highest BCUT2D eigenvalue weighted by molar-refractivity contribution is 5.92. The number of rotatable bonds is 6. The number of aromatic amines is 1. The zero-order chi connectivity index (χ0) is 23.5. The van der Waals surface area contributed by atoms with Crippen molar-refractivity contribution in [2.24, 2.45) is 0 Å². The molecule has 1 atom stereocenters. The molecule has 1 N–H and O–H groups in total. The van der Waals surface area contributed by atoms with Gasteiger partial charge in [-0.2, -0.15) is 0 Å². The highest BCUT2D eigenvalue weighted by atomic mass is 16.5. The second-order valence-corrected chi connectivity index (χ2v) is 9.38. The molecule has 178 valence electrons. The average Bonchev–Trinajstić information content (AvgIpc) is 3.55. The molecule has 0 radical (unpaired) electrons. The summed E-state index contributed by atoms with van der Waals surface area (Å²) in [5.74, 6) is 1.05. The van der Waals surface area contributed by atoms with E-state index in [1.165, 1.54) is 0 Å². The first-order chi connectivity index (χ1) is 16.7. The van der Waals surface area contributed by atoms with Gasteiger partial charge in [0, 0.05) is 42.7 Å². The quantitative estimate of drug-likeness (QED) is 0.577. The average molecular weight is 460 g/mol. The van der Waals surface area contributed by atoms with Crippen molar-refractivity contribution in [3.05, 3.63) is 54.1 Å². The van der Waals surface area contributed by atoms with Crippen LogP contribution in [0.5, 0.6) is 5.75 Å². The number of carbonyl (C=O) groups excluding carboxylic acids is 2. The van der Waals surface area contributed by atoms with Crippen LogP contribution in [-0.4, -0.2) is 59.4 Å². The van der Waals surface area contributed by atoms with Gasteiger partial charge in [-0.1, -0.05) is 18.2 Å². The molecule has 2 aliphatic heterocycles. The Kier molecular flexibility index (Phi) is 6.57. The summed E-state index contributed by atoms with van der Waals surface area (Å²) in [6, 6.07) is 16.0. The van der Waals surface area contributed by atoms with Gasteiger partial charge in [-0.3, -0.25) is 9.59 Å². The van der Waals surface area contributed by atoms with E-state index in [4.69, 9.17) is 4.74 Å². The lowest BCUT2D eigenvalue weighted by Gasteiger charge is -2.37. The number of likely N-dealkylation sites (tertiary alicyclic amines) is 2. The summed E-state index contributed by atoms with van der Waals surface area (Å²) in [6.07, 6.45) is 5.94. The molecule has 1 aromatic heterocycles. The normalized spacial score (nSPS) is 18.4. The van der Waals surface area contributed by atoms with Gasteiger partial charge in [0.2, 0.25) is 11.8 Å². The second-order valence-electron chi connectivity index (χ2n) is 9.38. The first-order valence-corrected chi connectivity index (χ1v) is 12.5. The number of benzene rings is 2. The van der Waals surface area contributed by atoms with E-state index in [1.807, 2.05) is 46.2 Å². The molecule has 5 rings (SSSR count). The highest BCUT2D eigenvalue weighted by Crippen LogP contribution is 2.33. The van der Waals surface area contributed by atoms with Gasteiger partial charge < -0.3 is 19.5 Å². The molecule has 6 nitrogen and oxygen atoms in total. The van der Waals surface area contributed by atoms with Crippen molar-refractivity contribution in [2.45, 2.75) is 51.0 Å². The van der Waals surface area contributed by atoms with Crippen LogP contribution in [-0.2, 0) is 16.0 Å². The zero-order valence-electron chi connectivity index (χ0n) is 19.9. The van der Waals surface area contributed by atoms with Crippen molar-refractivity contribution in [3.8, 4) is 17.0 Å². The van der Waals surface area contributed by atoms with Gasteiger partial charge in [-0.05, 0) is 80.0 Å². The van der Waals surface area contributed by atoms with E-state index < -0.39 is 0 Å². The Morgan fingerprint density at radius 1 is 0.971 bits per heavy atom. The zero-order valence-corrected chi connectivity index (χ0v) is 19.9. The summed E-state index contributed by atoms with van der Waals surface area (Å²) >= 11 is 0. The van der Waals surface area contributed by atoms with E-state index in [2.05, 4.69) is 17.1 Å². The standard InChI is InChI=1S/C28H33N3O3/c1-34-21-13-11-20(12-14-21)27-23(22-8-2-3-9-24(22)29-27)15-16-26(32)31-19-5-4-10-25(31)28(33)30-17-6-7-18-30/h2-3,8-9,11-14,25,29H,4-7,10,15-19H2,1H3. The monoisotopic (exact) mass is 459 g/mol. The van der Waals surface area contributed by atoms with Gasteiger partial charge in [-0.25, -0.2) is 0 Å². The van der Waals surface area contributed by atoms with Crippen LogP contribution in [0.15, 0.2) is 48.5 Å². The van der Waals surface area contributed by atoms with Gasteiger partial charge >= 0.3 is 0 Å². The summed E-state index contributed by atoms with van der Waals surface area (Å²) in [4.78, 5) is 33.9. The molecule has 2 aliphatic rings. The minimum Gasteiger partial charge on any atom is -0.497 e. The van der Waals surface area contributed by atoms with E-state index in [-0.39, 0.29) is 17.9 Å². The predicted molar refractivity (Wildman–Crippen MR) is 134 cm³/mol. The first kappa shape index (κ1) is 22.5. The number of hydrogen-bond acceptors (Lipinski definition) is 3. The molecule has 1 unspecified atom stereocenters. The maximum atomic E-state index is 13.4. The van der Waals surface area contributed by atoms with Crippen LogP contribution >= 0.6 is 0 Å². The molecular weight excluding hydrogens is 426 g/mol. The predicted octanol–water partition coefficient (Wildman–Crippen LogP) is 4.78. The maximum Gasteiger partial charge on any atom is 0.245 e. The lowest BCUT2D eigenvalue weighted by molar-refractivity contribution is -0.147. The summed E-state index contributed by atoms with van der Waals surface area (Å²) in [5, 5.41) is 1.14. The number of piperidine rings is 1. The fourth-order valence-corrected chi connectivity index (χ4v) is 5.47. The number of methoxy groups -OCH3 is 1. The summed E-state index contributed by atoms with van der Waals surface area (Å²) in [7, 11) is 1.66. The fourth-order valence-electron chi connectivity index (χ4n) is 5.47. The molecular formula is C28H33N3O3. The second kappa shape index (κ2) is 9.92. The van der Waals surface area contributed by atoms with Gasteiger partial charge in [0.25, 0.3) is 0 Å². The summed E-state index contributed by atoms with van der Waals surface area (Å²) in [5.41, 5.74) is 4.32. The van der Waals surface area contributed by atoms with Crippen LogP contribution in [0.3, 0.4) is 0 Å². The topological polar surface area (TPSA) is 65.6 Å².